The first-order valence-corrected chi connectivity index (χ1v) is 9.83. The zero-order valence-electron chi connectivity index (χ0n) is 18.2. The van der Waals surface area contributed by atoms with E-state index in [9.17, 15) is 14.4 Å². The molecule has 8 heteroatoms. The second kappa shape index (κ2) is 9.75. The SMILES string of the molecule is COC(=O)Cc1c(CCCC(N)C(=O)OC(C)(C)C)n(C(=O)OC)c2ccccc12. The van der Waals surface area contributed by atoms with Crippen LogP contribution in [0.3, 0.4) is 0 Å². The molecule has 0 bridgehead atoms. The van der Waals surface area contributed by atoms with Crippen LogP contribution >= 0.6 is 0 Å². The molecule has 1 atom stereocenters. The summed E-state index contributed by atoms with van der Waals surface area (Å²) in [6.07, 6.45) is 0.784. The summed E-state index contributed by atoms with van der Waals surface area (Å²) in [7, 11) is 2.63. The first-order valence-electron chi connectivity index (χ1n) is 9.83. The zero-order chi connectivity index (χ0) is 22.5. The number of methoxy groups -OCH3 is 2. The Morgan fingerprint density at radius 3 is 2.37 bits per heavy atom. The van der Waals surface area contributed by atoms with E-state index in [1.807, 2.05) is 18.2 Å². The third kappa shape index (κ3) is 5.60. The summed E-state index contributed by atoms with van der Waals surface area (Å²) in [5.41, 5.74) is 7.36. The predicted octanol–water partition coefficient (Wildman–Crippen LogP) is 2.96. The van der Waals surface area contributed by atoms with Crippen molar-refractivity contribution in [3.8, 4) is 0 Å². The molecule has 0 fully saturated rings. The van der Waals surface area contributed by atoms with Crippen LogP contribution in [-0.2, 0) is 36.6 Å². The molecule has 2 aromatic rings. The van der Waals surface area contributed by atoms with Crippen LogP contribution in [0.1, 0.15) is 44.9 Å². The molecule has 0 saturated carbocycles. The van der Waals surface area contributed by atoms with Gasteiger partial charge in [-0.1, -0.05) is 18.2 Å². The number of carbonyl (C=O) groups is 3. The van der Waals surface area contributed by atoms with Crippen molar-refractivity contribution in [2.75, 3.05) is 14.2 Å². The highest BCUT2D eigenvalue weighted by Crippen LogP contribution is 2.29. The number of fused-ring (bicyclic) bond motifs is 1. The molecule has 0 aliphatic rings. The molecule has 1 heterocycles. The molecule has 0 radical (unpaired) electrons. The largest absolute Gasteiger partial charge is 0.469 e. The van der Waals surface area contributed by atoms with Gasteiger partial charge in [0.25, 0.3) is 0 Å². The van der Waals surface area contributed by atoms with E-state index in [0.717, 1.165) is 5.39 Å². The Bertz CT molecular complexity index is 926. The fraction of sp³-hybridized carbons (Fsp3) is 0.500. The van der Waals surface area contributed by atoms with Gasteiger partial charge in [0.1, 0.15) is 11.6 Å². The van der Waals surface area contributed by atoms with Gasteiger partial charge in [0.2, 0.25) is 0 Å². The van der Waals surface area contributed by atoms with Crippen LogP contribution in [0.15, 0.2) is 24.3 Å². The number of esters is 2. The molecule has 0 aliphatic heterocycles. The fourth-order valence-electron chi connectivity index (χ4n) is 3.32. The summed E-state index contributed by atoms with van der Waals surface area (Å²) in [6, 6.07) is 6.52. The molecule has 1 aromatic heterocycles. The molecule has 2 N–H and O–H groups in total. The van der Waals surface area contributed by atoms with Gasteiger partial charge in [-0.25, -0.2) is 9.36 Å². The predicted molar refractivity (Wildman–Crippen MR) is 112 cm³/mol. The van der Waals surface area contributed by atoms with Gasteiger partial charge in [0.15, 0.2) is 0 Å². The van der Waals surface area contributed by atoms with Gasteiger partial charge in [-0.05, 0) is 51.7 Å². The number of aromatic nitrogens is 1. The van der Waals surface area contributed by atoms with Crippen LogP contribution in [0.2, 0.25) is 0 Å². The number of hydrogen-bond acceptors (Lipinski definition) is 7. The van der Waals surface area contributed by atoms with Crippen molar-refractivity contribution in [3.63, 3.8) is 0 Å². The van der Waals surface area contributed by atoms with E-state index in [1.54, 1.807) is 26.8 Å². The third-order valence-electron chi connectivity index (χ3n) is 4.63. The van der Waals surface area contributed by atoms with Crippen LogP contribution < -0.4 is 5.73 Å². The average Bonchev–Trinajstić information content (AvgIpc) is 2.99. The lowest BCUT2D eigenvalue weighted by Gasteiger charge is -2.22. The summed E-state index contributed by atoms with van der Waals surface area (Å²) in [4.78, 5) is 36.6. The summed E-state index contributed by atoms with van der Waals surface area (Å²) in [5.74, 6) is -0.875. The molecule has 0 saturated heterocycles. The minimum absolute atomic E-state index is 0.0223. The van der Waals surface area contributed by atoms with Crippen LogP contribution in [-0.4, -0.2) is 48.5 Å². The van der Waals surface area contributed by atoms with Gasteiger partial charge in [0, 0.05) is 11.1 Å². The molecule has 0 aliphatic carbocycles. The number of hydrogen-bond donors (Lipinski definition) is 1. The van der Waals surface area contributed by atoms with Crippen molar-refractivity contribution in [2.24, 2.45) is 5.73 Å². The summed E-state index contributed by atoms with van der Waals surface area (Å²) >= 11 is 0. The van der Waals surface area contributed by atoms with Crippen molar-refractivity contribution in [3.05, 3.63) is 35.5 Å². The molecule has 2 rings (SSSR count). The monoisotopic (exact) mass is 418 g/mol. The quantitative estimate of drug-likeness (QED) is 0.544. The molecule has 1 aromatic carbocycles. The van der Waals surface area contributed by atoms with Gasteiger partial charge in [-0.2, -0.15) is 0 Å². The lowest BCUT2D eigenvalue weighted by Crippen LogP contribution is -2.37. The number of nitrogens with zero attached hydrogens (tertiary/aromatic N) is 1. The van der Waals surface area contributed by atoms with E-state index in [0.29, 0.717) is 36.0 Å². The minimum atomic E-state index is -0.774. The Morgan fingerprint density at radius 2 is 1.77 bits per heavy atom. The Kier molecular flexibility index (Phi) is 7.61. The Labute approximate surface area is 176 Å². The highest BCUT2D eigenvalue weighted by molar-refractivity contribution is 5.95. The maximum Gasteiger partial charge on any atom is 0.418 e. The van der Waals surface area contributed by atoms with Gasteiger partial charge in [-0.15, -0.1) is 0 Å². The maximum absolute atomic E-state index is 12.5. The van der Waals surface area contributed by atoms with Crippen molar-refractivity contribution in [2.45, 2.75) is 58.1 Å². The highest BCUT2D eigenvalue weighted by Gasteiger charge is 2.25. The highest BCUT2D eigenvalue weighted by atomic mass is 16.6. The van der Waals surface area contributed by atoms with Crippen molar-refractivity contribution in [1.82, 2.24) is 4.57 Å². The van der Waals surface area contributed by atoms with E-state index in [2.05, 4.69) is 0 Å². The van der Waals surface area contributed by atoms with Gasteiger partial charge >= 0.3 is 18.0 Å². The molecule has 1 unspecified atom stereocenters. The van der Waals surface area contributed by atoms with E-state index < -0.39 is 29.7 Å². The van der Waals surface area contributed by atoms with Crippen LogP contribution in [0, 0.1) is 0 Å². The average molecular weight is 418 g/mol. The number of nitrogens with two attached hydrogens (primary N) is 1. The van der Waals surface area contributed by atoms with Crippen LogP contribution in [0.5, 0.6) is 0 Å². The van der Waals surface area contributed by atoms with Gasteiger partial charge < -0.3 is 19.9 Å². The van der Waals surface area contributed by atoms with Crippen LogP contribution in [0.25, 0.3) is 10.9 Å². The molecule has 0 spiro atoms. The number of carbonyl (C=O) groups excluding carboxylic acids is 3. The molecular formula is C22H30N2O6. The number of benzene rings is 1. The van der Waals surface area contributed by atoms with E-state index in [1.165, 1.54) is 18.8 Å². The summed E-state index contributed by atoms with van der Waals surface area (Å²) < 4.78 is 16.6. The standard InChI is InChI=1S/C22H30N2O6/c1-22(2,3)30-20(26)16(23)10-8-12-18-15(13-19(25)28-4)14-9-6-7-11-17(14)24(18)21(27)29-5/h6-7,9,11,16H,8,10,12-13,23H2,1-5H3. The lowest BCUT2D eigenvalue weighted by molar-refractivity contribution is -0.156. The third-order valence-corrected chi connectivity index (χ3v) is 4.63. The minimum Gasteiger partial charge on any atom is -0.469 e. The Balaban J connectivity index is 2.32. The van der Waals surface area contributed by atoms with E-state index in [4.69, 9.17) is 19.9 Å². The fourth-order valence-corrected chi connectivity index (χ4v) is 3.32. The zero-order valence-corrected chi connectivity index (χ0v) is 18.2. The molecule has 0 amide bonds. The van der Waals surface area contributed by atoms with Crippen LogP contribution in [0.4, 0.5) is 4.79 Å². The van der Waals surface area contributed by atoms with Crippen molar-refractivity contribution < 1.29 is 28.6 Å². The topological polar surface area (TPSA) is 110 Å². The molecule has 8 nitrogen and oxygen atoms in total. The molecular weight excluding hydrogens is 388 g/mol. The maximum atomic E-state index is 12.5. The second-order valence-corrected chi connectivity index (χ2v) is 8.03. The molecule has 164 valence electrons. The van der Waals surface area contributed by atoms with Gasteiger partial charge in [-0.3, -0.25) is 9.59 Å². The molecule has 30 heavy (non-hydrogen) atoms. The smallest absolute Gasteiger partial charge is 0.418 e. The first-order chi connectivity index (χ1) is 14.1. The van der Waals surface area contributed by atoms with Crippen molar-refractivity contribution in [1.29, 1.82) is 0 Å². The van der Waals surface area contributed by atoms with E-state index in [-0.39, 0.29) is 6.42 Å². The van der Waals surface area contributed by atoms with Gasteiger partial charge in [0.05, 0.1) is 26.2 Å². The Hall–Kier alpha value is -2.87. The summed E-state index contributed by atoms with van der Waals surface area (Å²) in [5, 5.41) is 0.778. The summed E-state index contributed by atoms with van der Waals surface area (Å²) in [6.45, 7) is 5.35. The number of rotatable bonds is 7. The second-order valence-electron chi connectivity index (χ2n) is 8.03. The Morgan fingerprint density at radius 1 is 1.10 bits per heavy atom. The number of ether oxygens (including phenoxy) is 3. The lowest BCUT2D eigenvalue weighted by atomic mass is 10.0. The number of para-hydroxylation sites is 1. The van der Waals surface area contributed by atoms with Crippen molar-refractivity contribution >= 4 is 28.9 Å². The van der Waals surface area contributed by atoms with E-state index >= 15 is 0 Å². The first kappa shape index (κ1) is 23.4. The normalized spacial score (nSPS) is 12.5.